The topological polar surface area (TPSA) is 38.8 Å². The van der Waals surface area contributed by atoms with E-state index < -0.39 is 12.1 Å². The van der Waals surface area contributed by atoms with Gasteiger partial charge in [-0.1, -0.05) is 18.2 Å². The van der Waals surface area contributed by atoms with Gasteiger partial charge in [0.15, 0.2) is 11.5 Å². The van der Waals surface area contributed by atoms with E-state index in [-0.39, 0.29) is 12.2 Å². The summed E-state index contributed by atoms with van der Waals surface area (Å²) in [5, 5.41) is 0. The fourth-order valence-electron chi connectivity index (χ4n) is 3.11. The highest BCUT2D eigenvalue weighted by Crippen LogP contribution is 2.46. The van der Waals surface area contributed by atoms with Gasteiger partial charge in [0.05, 0.1) is 26.5 Å². The zero-order chi connectivity index (χ0) is 18.4. The van der Waals surface area contributed by atoms with Crippen LogP contribution in [0.4, 0.5) is 18.9 Å². The second kappa shape index (κ2) is 5.98. The van der Waals surface area contributed by atoms with Crippen molar-refractivity contribution in [3.63, 3.8) is 0 Å². The number of alkyl halides is 3. The molecule has 3 rings (SSSR count). The first-order valence-electron chi connectivity index (χ1n) is 7.51. The molecule has 0 aromatic heterocycles. The van der Waals surface area contributed by atoms with Crippen molar-refractivity contribution in [1.82, 2.24) is 0 Å². The van der Waals surface area contributed by atoms with Crippen LogP contribution in [0.3, 0.4) is 0 Å². The summed E-state index contributed by atoms with van der Waals surface area (Å²) in [6, 6.07) is 8.46. The maximum atomic E-state index is 13.1. The number of fused-ring (bicyclic) bond motifs is 3. The third kappa shape index (κ3) is 2.79. The molecule has 0 saturated heterocycles. The number of rotatable bonds is 2. The number of hydrogen-bond donors (Lipinski definition) is 0. The van der Waals surface area contributed by atoms with Crippen LogP contribution >= 0.6 is 0 Å². The van der Waals surface area contributed by atoms with Gasteiger partial charge in [-0.15, -0.1) is 0 Å². The van der Waals surface area contributed by atoms with Crippen LogP contribution in [0, 0.1) is 6.92 Å². The first-order valence-corrected chi connectivity index (χ1v) is 7.51. The van der Waals surface area contributed by atoms with Crippen LogP contribution in [0.1, 0.15) is 11.1 Å². The maximum Gasteiger partial charge on any atom is 0.471 e. The highest BCUT2D eigenvalue weighted by Gasteiger charge is 2.45. The van der Waals surface area contributed by atoms with Gasteiger partial charge in [-0.05, 0) is 35.7 Å². The van der Waals surface area contributed by atoms with Crippen LogP contribution in [-0.4, -0.2) is 26.3 Å². The molecule has 7 heteroatoms. The number of benzene rings is 2. The minimum atomic E-state index is -4.95. The predicted octanol–water partition coefficient (Wildman–Crippen LogP) is 4.09. The number of para-hydroxylation sites is 1. The molecule has 0 spiro atoms. The number of nitrogens with zero attached hydrogens (tertiary/aromatic N) is 1. The summed E-state index contributed by atoms with van der Waals surface area (Å²) < 4.78 is 49.7. The summed E-state index contributed by atoms with van der Waals surface area (Å²) in [6.45, 7) is 1.49. The van der Waals surface area contributed by atoms with Gasteiger partial charge in [0, 0.05) is 5.56 Å². The lowest BCUT2D eigenvalue weighted by atomic mass is 9.90. The van der Waals surface area contributed by atoms with Crippen molar-refractivity contribution in [3.05, 3.63) is 41.5 Å². The van der Waals surface area contributed by atoms with E-state index in [1.165, 1.54) is 14.2 Å². The Morgan fingerprint density at radius 3 is 2.32 bits per heavy atom. The average molecular weight is 351 g/mol. The third-order valence-corrected chi connectivity index (χ3v) is 4.22. The van der Waals surface area contributed by atoms with Crippen LogP contribution < -0.4 is 14.4 Å². The number of hydrogen-bond acceptors (Lipinski definition) is 3. The highest BCUT2D eigenvalue weighted by molar-refractivity contribution is 6.03. The summed E-state index contributed by atoms with van der Waals surface area (Å²) in [5.74, 6) is -1.01. The van der Waals surface area contributed by atoms with Gasteiger partial charge < -0.3 is 9.47 Å². The molecule has 0 unspecified atom stereocenters. The lowest BCUT2D eigenvalue weighted by molar-refractivity contribution is -0.170. The molecule has 0 bridgehead atoms. The van der Waals surface area contributed by atoms with Crippen molar-refractivity contribution >= 4 is 11.6 Å². The molecular weight excluding hydrogens is 335 g/mol. The quantitative estimate of drug-likeness (QED) is 0.818. The number of halogens is 3. The fraction of sp³-hybridized carbons (Fsp3) is 0.278. The molecule has 0 atom stereocenters. The monoisotopic (exact) mass is 351 g/mol. The largest absolute Gasteiger partial charge is 0.493 e. The fourth-order valence-corrected chi connectivity index (χ4v) is 3.11. The number of amides is 1. The van der Waals surface area contributed by atoms with Crippen LogP contribution in [0.2, 0.25) is 0 Å². The van der Waals surface area contributed by atoms with E-state index in [2.05, 4.69) is 0 Å². The van der Waals surface area contributed by atoms with E-state index in [0.29, 0.717) is 28.2 Å². The molecule has 132 valence electrons. The summed E-state index contributed by atoms with van der Waals surface area (Å²) in [4.78, 5) is 12.7. The molecule has 25 heavy (non-hydrogen) atoms. The van der Waals surface area contributed by atoms with Crippen molar-refractivity contribution in [3.8, 4) is 22.6 Å². The van der Waals surface area contributed by atoms with Gasteiger partial charge in [-0.3, -0.25) is 9.69 Å². The van der Waals surface area contributed by atoms with Crippen LogP contribution in [-0.2, 0) is 11.3 Å². The van der Waals surface area contributed by atoms with E-state index in [4.69, 9.17) is 9.47 Å². The van der Waals surface area contributed by atoms with Gasteiger partial charge in [-0.25, -0.2) is 0 Å². The number of methoxy groups -OCH3 is 2. The molecule has 4 nitrogen and oxygen atoms in total. The number of aryl methyl sites for hydroxylation is 1. The minimum Gasteiger partial charge on any atom is -0.493 e. The summed E-state index contributed by atoms with van der Waals surface area (Å²) in [7, 11) is 2.94. The van der Waals surface area contributed by atoms with Crippen molar-refractivity contribution in [2.24, 2.45) is 0 Å². The molecule has 1 amide bonds. The Labute approximate surface area is 142 Å². The van der Waals surface area contributed by atoms with Crippen LogP contribution in [0.25, 0.3) is 11.1 Å². The van der Waals surface area contributed by atoms with E-state index in [1.54, 1.807) is 37.3 Å². The SMILES string of the molecule is COc1cc2c(cc1OC)-c1cccc(C)c1N(C(=O)C(F)(F)F)C2. The second-order valence-electron chi connectivity index (χ2n) is 5.72. The Morgan fingerprint density at radius 2 is 1.72 bits per heavy atom. The molecule has 0 N–H and O–H groups in total. The molecule has 0 saturated carbocycles. The molecule has 1 aliphatic rings. The van der Waals surface area contributed by atoms with Crippen LogP contribution in [0.5, 0.6) is 11.5 Å². The number of carbonyl (C=O) groups excluding carboxylic acids is 1. The molecule has 2 aromatic carbocycles. The van der Waals surface area contributed by atoms with Crippen molar-refractivity contribution in [2.45, 2.75) is 19.6 Å². The molecule has 0 fully saturated rings. The molecule has 1 heterocycles. The Kier molecular flexibility index (Phi) is 4.10. The zero-order valence-electron chi connectivity index (χ0n) is 13.9. The number of carbonyl (C=O) groups is 1. The van der Waals surface area contributed by atoms with E-state index in [9.17, 15) is 18.0 Å². The average Bonchev–Trinajstić information content (AvgIpc) is 2.58. The Hall–Kier alpha value is -2.70. The maximum absolute atomic E-state index is 13.1. The van der Waals surface area contributed by atoms with E-state index in [1.807, 2.05) is 0 Å². The highest BCUT2D eigenvalue weighted by atomic mass is 19.4. The first kappa shape index (κ1) is 17.1. The molecule has 0 aliphatic carbocycles. The van der Waals surface area contributed by atoms with Crippen molar-refractivity contribution < 1.29 is 27.4 Å². The second-order valence-corrected chi connectivity index (χ2v) is 5.72. The van der Waals surface area contributed by atoms with E-state index >= 15 is 0 Å². The Balaban J connectivity index is 2.25. The lowest BCUT2D eigenvalue weighted by Gasteiger charge is -2.33. The van der Waals surface area contributed by atoms with Crippen LogP contribution in [0.15, 0.2) is 30.3 Å². The van der Waals surface area contributed by atoms with Gasteiger partial charge in [-0.2, -0.15) is 13.2 Å². The van der Waals surface area contributed by atoms with Gasteiger partial charge in [0.1, 0.15) is 0 Å². The van der Waals surface area contributed by atoms with Gasteiger partial charge in [0.25, 0.3) is 0 Å². The smallest absolute Gasteiger partial charge is 0.471 e. The normalized spacial score (nSPS) is 13.1. The summed E-state index contributed by atoms with van der Waals surface area (Å²) in [5.41, 5.74) is 2.70. The number of ether oxygens (including phenoxy) is 2. The molecular formula is C18H16F3NO3. The van der Waals surface area contributed by atoms with Gasteiger partial charge >= 0.3 is 12.1 Å². The van der Waals surface area contributed by atoms with Gasteiger partial charge in [0.2, 0.25) is 0 Å². The molecule has 2 aromatic rings. The summed E-state index contributed by atoms with van der Waals surface area (Å²) in [6.07, 6.45) is -4.95. The predicted molar refractivity (Wildman–Crippen MR) is 87.0 cm³/mol. The molecule has 1 aliphatic heterocycles. The zero-order valence-corrected chi connectivity index (χ0v) is 13.9. The Morgan fingerprint density at radius 1 is 1.08 bits per heavy atom. The molecule has 0 radical (unpaired) electrons. The Bertz CT molecular complexity index is 846. The standard InChI is InChI=1S/C18H16F3NO3/c1-10-5-4-6-12-13-8-15(25-3)14(24-2)7-11(13)9-22(16(10)12)17(23)18(19,20)21/h4-8H,9H2,1-3H3. The lowest BCUT2D eigenvalue weighted by Crippen LogP contribution is -2.42. The number of anilines is 1. The minimum absolute atomic E-state index is 0.189. The summed E-state index contributed by atoms with van der Waals surface area (Å²) >= 11 is 0. The third-order valence-electron chi connectivity index (χ3n) is 4.22. The van der Waals surface area contributed by atoms with Crippen molar-refractivity contribution in [2.75, 3.05) is 19.1 Å². The first-order chi connectivity index (χ1) is 11.8. The van der Waals surface area contributed by atoms with E-state index in [0.717, 1.165) is 10.5 Å². The van der Waals surface area contributed by atoms with Crippen molar-refractivity contribution in [1.29, 1.82) is 0 Å².